The van der Waals surface area contributed by atoms with Crippen LogP contribution in [0.5, 0.6) is 0 Å². The van der Waals surface area contributed by atoms with Crippen molar-refractivity contribution >= 4 is 21.9 Å². The first-order valence-corrected chi connectivity index (χ1v) is 11.1. The van der Waals surface area contributed by atoms with Crippen molar-refractivity contribution in [1.29, 1.82) is 0 Å². The van der Waals surface area contributed by atoms with E-state index < -0.39 is 34.4 Å². The first kappa shape index (κ1) is 23.8. The van der Waals surface area contributed by atoms with Crippen molar-refractivity contribution in [1.82, 2.24) is 9.95 Å². The third-order valence-corrected chi connectivity index (χ3v) is 6.30. The molecule has 0 saturated heterocycles. The maximum atomic E-state index is 13.1. The summed E-state index contributed by atoms with van der Waals surface area (Å²) in [7, 11) is -4.35. The summed E-state index contributed by atoms with van der Waals surface area (Å²) in [6, 6.07) is 5.61. The molecule has 0 bridgehead atoms. The number of sulfonamides is 1. The minimum Gasteiger partial charge on any atom is -0.462 e. The van der Waals surface area contributed by atoms with Crippen molar-refractivity contribution < 1.29 is 32.8 Å². The Labute approximate surface area is 176 Å². The zero-order valence-electron chi connectivity index (χ0n) is 16.7. The van der Waals surface area contributed by atoms with Gasteiger partial charge in [-0.15, -0.1) is 5.92 Å². The second-order valence-electron chi connectivity index (χ2n) is 6.72. The maximum absolute atomic E-state index is 13.1. The summed E-state index contributed by atoms with van der Waals surface area (Å²) in [5.74, 6) is 3.22. The van der Waals surface area contributed by atoms with Crippen LogP contribution in [0.2, 0.25) is 0 Å². The molecular formula is C20H26N2O7S. The number of carbonyl (C=O) groups excluding carboxylic acids is 2. The highest BCUT2D eigenvalue weighted by Gasteiger charge is 2.39. The molecule has 0 aliphatic heterocycles. The third kappa shape index (κ3) is 6.53. The fourth-order valence-corrected chi connectivity index (χ4v) is 4.51. The van der Waals surface area contributed by atoms with Crippen LogP contribution in [0, 0.1) is 11.8 Å². The Balaban J connectivity index is 2.29. The first-order chi connectivity index (χ1) is 14.4. The van der Waals surface area contributed by atoms with E-state index in [0.717, 1.165) is 32.1 Å². The lowest BCUT2D eigenvalue weighted by Crippen LogP contribution is -2.50. The summed E-state index contributed by atoms with van der Waals surface area (Å²) >= 11 is 0. The molecule has 1 unspecified atom stereocenters. The van der Waals surface area contributed by atoms with Gasteiger partial charge in [0.15, 0.2) is 0 Å². The number of carbonyl (C=O) groups is 2. The van der Waals surface area contributed by atoms with E-state index in [2.05, 4.69) is 11.8 Å². The van der Waals surface area contributed by atoms with Gasteiger partial charge in [0.2, 0.25) is 0 Å². The molecule has 0 aromatic heterocycles. The van der Waals surface area contributed by atoms with Crippen molar-refractivity contribution in [2.45, 2.75) is 62.5 Å². The highest BCUT2D eigenvalue weighted by Crippen LogP contribution is 2.23. The molecule has 9 nitrogen and oxygen atoms in total. The second-order valence-corrected chi connectivity index (χ2v) is 8.50. The van der Waals surface area contributed by atoms with Gasteiger partial charge in [-0.05, 0) is 44.7 Å². The fraction of sp³-hybridized carbons (Fsp3) is 0.500. The smallest absolute Gasteiger partial charge is 0.308 e. The number of amides is 1. The van der Waals surface area contributed by atoms with Crippen LogP contribution < -0.4 is 5.48 Å². The second kappa shape index (κ2) is 11.7. The molecule has 10 heteroatoms. The Morgan fingerprint density at radius 1 is 1.23 bits per heavy atom. The SMILES string of the molecule is CC#CCON(C(CC(=O)OC1CCCCC1)C(=O)NO)S(=O)(=O)c1ccccc1. The summed E-state index contributed by atoms with van der Waals surface area (Å²) in [4.78, 5) is 29.9. The molecule has 1 aliphatic rings. The average Bonchev–Trinajstić information content (AvgIpc) is 2.76. The minimum absolute atomic E-state index is 0.147. The van der Waals surface area contributed by atoms with E-state index in [1.54, 1.807) is 13.0 Å². The van der Waals surface area contributed by atoms with Crippen LogP contribution in [0.1, 0.15) is 45.4 Å². The maximum Gasteiger partial charge on any atom is 0.308 e. The van der Waals surface area contributed by atoms with Crippen LogP contribution in [0.4, 0.5) is 0 Å². The van der Waals surface area contributed by atoms with Crippen molar-refractivity contribution in [2.75, 3.05) is 6.61 Å². The number of benzene rings is 1. The highest BCUT2D eigenvalue weighted by atomic mass is 32.2. The number of hydrogen-bond donors (Lipinski definition) is 2. The highest BCUT2D eigenvalue weighted by molar-refractivity contribution is 7.89. The summed E-state index contributed by atoms with van der Waals surface area (Å²) in [6.45, 7) is 1.20. The lowest BCUT2D eigenvalue weighted by atomic mass is 9.98. The lowest BCUT2D eigenvalue weighted by Gasteiger charge is -2.28. The van der Waals surface area contributed by atoms with Gasteiger partial charge in [0, 0.05) is 0 Å². The number of esters is 1. The van der Waals surface area contributed by atoms with Gasteiger partial charge in [0.25, 0.3) is 15.9 Å². The Morgan fingerprint density at radius 2 is 1.90 bits per heavy atom. The van der Waals surface area contributed by atoms with E-state index in [9.17, 15) is 18.0 Å². The van der Waals surface area contributed by atoms with Gasteiger partial charge in [0.1, 0.15) is 18.8 Å². The predicted molar refractivity (Wildman–Crippen MR) is 106 cm³/mol. The van der Waals surface area contributed by atoms with Crippen molar-refractivity contribution in [3.63, 3.8) is 0 Å². The molecule has 1 amide bonds. The monoisotopic (exact) mass is 438 g/mol. The van der Waals surface area contributed by atoms with Crippen LogP contribution in [0.3, 0.4) is 0 Å². The topological polar surface area (TPSA) is 122 Å². The predicted octanol–water partition coefficient (Wildman–Crippen LogP) is 1.77. The zero-order valence-corrected chi connectivity index (χ0v) is 17.6. The standard InChI is InChI=1S/C20H26N2O7S/c1-2-3-14-28-22(30(26,27)17-12-8-5-9-13-17)18(20(24)21-25)15-19(23)29-16-10-6-4-7-11-16/h5,8-9,12-13,16,18,25H,4,6-7,10-11,14-15H2,1H3,(H,21,24). The Morgan fingerprint density at radius 3 is 2.50 bits per heavy atom. The van der Waals surface area contributed by atoms with Crippen LogP contribution in [-0.4, -0.2) is 48.7 Å². The number of rotatable bonds is 9. The van der Waals surface area contributed by atoms with Crippen molar-refractivity contribution in [3.8, 4) is 11.8 Å². The molecule has 2 rings (SSSR count). The van der Waals surface area contributed by atoms with E-state index in [-0.39, 0.29) is 17.6 Å². The zero-order chi connectivity index (χ0) is 22.0. The summed E-state index contributed by atoms with van der Waals surface area (Å²) < 4.78 is 32.0. The van der Waals surface area contributed by atoms with Crippen molar-refractivity contribution in [3.05, 3.63) is 30.3 Å². The van der Waals surface area contributed by atoms with E-state index in [0.29, 0.717) is 4.47 Å². The van der Waals surface area contributed by atoms with Gasteiger partial charge in [-0.25, -0.2) is 13.9 Å². The molecule has 1 aromatic rings. The minimum atomic E-state index is -4.35. The van der Waals surface area contributed by atoms with Crippen molar-refractivity contribution in [2.24, 2.45) is 0 Å². The fourth-order valence-electron chi connectivity index (χ4n) is 3.10. The van der Waals surface area contributed by atoms with E-state index in [1.165, 1.54) is 29.7 Å². The molecule has 1 saturated carbocycles. The normalized spacial score (nSPS) is 15.7. The molecule has 0 radical (unpaired) electrons. The summed E-state index contributed by atoms with van der Waals surface area (Å²) in [5.41, 5.74) is 1.40. The molecule has 2 N–H and O–H groups in total. The van der Waals surface area contributed by atoms with Gasteiger partial charge in [-0.3, -0.25) is 19.6 Å². The number of hydrogen-bond acceptors (Lipinski definition) is 7. The van der Waals surface area contributed by atoms with E-state index in [1.807, 2.05) is 0 Å². The average molecular weight is 439 g/mol. The first-order valence-electron chi connectivity index (χ1n) is 9.65. The number of nitrogens with one attached hydrogen (secondary N) is 1. The van der Waals surface area contributed by atoms with E-state index in [4.69, 9.17) is 14.8 Å². The number of ether oxygens (including phenoxy) is 1. The molecule has 0 heterocycles. The van der Waals surface area contributed by atoms with Gasteiger partial charge in [0.05, 0.1) is 11.3 Å². The van der Waals surface area contributed by atoms with Gasteiger partial charge in [-0.1, -0.05) is 35.0 Å². The van der Waals surface area contributed by atoms with Crippen LogP contribution in [-0.2, 0) is 29.2 Å². The Bertz CT molecular complexity index is 871. The summed E-state index contributed by atoms with van der Waals surface area (Å²) in [6.07, 6.45) is 3.48. The Hall–Kier alpha value is -2.45. The van der Waals surface area contributed by atoms with Gasteiger partial charge >= 0.3 is 5.97 Å². The van der Waals surface area contributed by atoms with E-state index >= 15 is 0 Å². The summed E-state index contributed by atoms with van der Waals surface area (Å²) in [5, 5.41) is 9.14. The lowest BCUT2D eigenvalue weighted by molar-refractivity contribution is -0.164. The van der Waals surface area contributed by atoms with Gasteiger partial charge < -0.3 is 4.74 Å². The number of hydroxylamine groups is 2. The molecule has 164 valence electrons. The largest absolute Gasteiger partial charge is 0.462 e. The van der Waals surface area contributed by atoms with Gasteiger partial charge in [-0.2, -0.15) is 0 Å². The van der Waals surface area contributed by atoms with Crippen LogP contribution >= 0.6 is 0 Å². The number of nitrogens with zero attached hydrogens (tertiary/aromatic N) is 1. The molecule has 1 fully saturated rings. The molecular weight excluding hydrogens is 412 g/mol. The molecule has 0 spiro atoms. The molecule has 1 atom stereocenters. The Kier molecular flexibility index (Phi) is 9.26. The molecule has 1 aromatic carbocycles. The van der Waals surface area contributed by atoms with Crippen LogP contribution in [0.25, 0.3) is 0 Å². The quantitative estimate of drug-likeness (QED) is 0.261. The third-order valence-electron chi connectivity index (χ3n) is 4.60. The van der Waals surface area contributed by atoms with Crippen LogP contribution in [0.15, 0.2) is 35.2 Å². The molecule has 30 heavy (non-hydrogen) atoms. The molecule has 1 aliphatic carbocycles.